The first-order valence-corrected chi connectivity index (χ1v) is 3.95. The van der Waals surface area contributed by atoms with Gasteiger partial charge in [0.2, 0.25) is 0 Å². The number of nitrogens with two attached hydrogens (primary N) is 1. The predicted octanol–water partition coefficient (Wildman–Crippen LogP) is 0.0370. The van der Waals surface area contributed by atoms with E-state index >= 15 is 0 Å². The lowest BCUT2D eigenvalue weighted by Crippen LogP contribution is -2.42. The second-order valence-corrected chi connectivity index (χ2v) is 2.67. The van der Waals surface area contributed by atoms with Crippen molar-refractivity contribution in [2.24, 2.45) is 5.73 Å². The molecule has 0 heterocycles. The van der Waals surface area contributed by atoms with Crippen LogP contribution in [0.5, 0.6) is 0 Å². The molecule has 0 aromatic heterocycles. The summed E-state index contributed by atoms with van der Waals surface area (Å²) in [5.74, 6) is -2.08. The highest BCUT2D eigenvalue weighted by Crippen LogP contribution is 2.04. The first-order chi connectivity index (χ1) is 6.61. The average molecular weight is 194 g/mol. The van der Waals surface area contributed by atoms with Gasteiger partial charge in [0.05, 0.1) is 0 Å². The number of carbonyl (C=O) groups is 2. The first-order valence-electron chi connectivity index (χ1n) is 3.95. The van der Waals surface area contributed by atoms with Gasteiger partial charge >= 0.3 is 5.97 Å². The third-order valence-electron chi connectivity index (χ3n) is 1.59. The van der Waals surface area contributed by atoms with Gasteiger partial charge in [-0.3, -0.25) is 4.79 Å². The molecule has 74 valence electrons. The Bertz CT molecular complexity index is 337. The van der Waals surface area contributed by atoms with Crippen molar-refractivity contribution in [1.29, 1.82) is 0 Å². The third-order valence-corrected chi connectivity index (χ3v) is 1.59. The molecule has 1 aromatic carbocycles. The molecule has 5 heteroatoms. The van der Waals surface area contributed by atoms with Crippen LogP contribution in [0.4, 0.5) is 5.69 Å². The van der Waals surface area contributed by atoms with Gasteiger partial charge in [-0.05, 0) is 12.1 Å². The summed E-state index contributed by atoms with van der Waals surface area (Å²) < 4.78 is 0. The van der Waals surface area contributed by atoms with Crippen LogP contribution in [0.1, 0.15) is 0 Å². The van der Waals surface area contributed by atoms with Crippen molar-refractivity contribution >= 4 is 17.6 Å². The number of carboxylic acids is 1. The van der Waals surface area contributed by atoms with Crippen molar-refractivity contribution in [2.75, 3.05) is 5.32 Å². The molecule has 0 spiro atoms. The van der Waals surface area contributed by atoms with Crippen LogP contribution in [0.2, 0.25) is 0 Å². The van der Waals surface area contributed by atoms with Crippen LogP contribution in [0, 0.1) is 0 Å². The summed E-state index contributed by atoms with van der Waals surface area (Å²) in [7, 11) is 0. The lowest BCUT2D eigenvalue weighted by Gasteiger charge is -2.07. The second-order valence-electron chi connectivity index (χ2n) is 2.67. The summed E-state index contributed by atoms with van der Waals surface area (Å²) in [5.41, 5.74) is 5.62. The van der Waals surface area contributed by atoms with Crippen LogP contribution < -0.4 is 11.1 Å². The number of carboxylic acid groups (broad SMARTS) is 1. The van der Waals surface area contributed by atoms with E-state index in [0.717, 1.165) is 0 Å². The molecule has 0 bridgehead atoms. The molecule has 0 aliphatic carbocycles. The topological polar surface area (TPSA) is 92.4 Å². The van der Waals surface area contributed by atoms with Gasteiger partial charge in [-0.25, -0.2) is 4.79 Å². The Morgan fingerprint density at radius 2 is 1.86 bits per heavy atom. The zero-order valence-electron chi connectivity index (χ0n) is 7.31. The highest BCUT2D eigenvalue weighted by atomic mass is 16.4. The van der Waals surface area contributed by atoms with Gasteiger partial charge in [-0.2, -0.15) is 0 Å². The fourth-order valence-electron chi connectivity index (χ4n) is 0.854. The van der Waals surface area contributed by atoms with Gasteiger partial charge in [-0.15, -0.1) is 0 Å². The maximum atomic E-state index is 11.1. The summed E-state index contributed by atoms with van der Waals surface area (Å²) in [6.45, 7) is 0. The van der Waals surface area contributed by atoms with E-state index in [0.29, 0.717) is 5.69 Å². The molecule has 14 heavy (non-hydrogen) atoms. The fraction of sp³-hybridized carbons (Fsp3) is 0.111. The second kappa shape index (κ2) is 4.38. The van der Waals surface area contributed by atoms with Gasteiger partial charge in [0.1, 0.15) is 0 Å². The molecule has 1 atom stereocenters. The molecule has 0 aliphatic rings. The van der Waals surface area contributed by atoms with Crippen LogP contribution in [0.3, 0.4) is 0 Å². The lowest BCUT2D eigenvalue weighted by atomic mass is 10.2. The molecule has 1 amide bonds. The van der Waals surface area contributed by atoms with E-state index in [9.17, 15) is 9.59 Å². The minimum Gasteiger partial charge on any atom is -0.480 e. The largest absolute Gasteiger partial charge is 0.480 e. The zero-order chi connectivity index (χ0) is 10.6. The number of hydrogen-bond donors (Lipinski definition) is 3. The lowest BCUT2D eigenvalue weighted by molar-refractivity contribution is -0.141. The van der Waals surface area contributed by atoms with Crippen molar-refractivity contribution in [2.45, 2.75) is 6.04 Å². The smallest absolute Gasteiger partial charge is 0.330 e. The van der Waals surface area contributed by atoms with Crippen LogP contribution >= 0.6 is 0 Å². The Morgan fingerprint density at radius 1 is 1.29 bits per heavy atom. The fourth-order valence-corrected chi connectivity index (χ4v) is 0.854. The molecule has 0 fully saturated rings. The quantitative estimate of drug-likeness (QED) is 0.592. The van der Waals surface area contributed by atoms with Gasteiger partial charge in [-0.1, -0.05) is 18.2 Å². The number of nitrogens with one attached hydrogen (secondary N) is 1. The number of hydrogen-bond acceptors (Lipinski definition) is 3. The standard InChI is InChI=1S/C9H10N2O3/c10-7(9(13)14)8(12)11-6-4-2-1-3-5-6/h1-5,7H,10H2,(H,11,12)(H,13,14). The predicted molar refractivity (Wildman–Crippen MR) is 50.7 cm³/mol. The highest BCUT2D eigenvalue weighted by Gasteiger charge is 2.20. The maximum Gasteiger partial charge on any atom is 0.330 e. The molecule has 0 aliphatic heterocycles. The first kappa shape index (κ1) is 10.2. The van der Waals surface area contributed by atoms with E-state index < -0.39 is 17.9 Å². The number of carbonyl (C=O) groups excluding carboxylic acids is 1. The molecular formula is C9H10N2O3. The van der Waals surface area contributed by atoms with Crippen molar-refractivity contribution in [3.05, 3.63) is 30.3 Å². The summed E-state index contributed by atoms with van der Waals surface area (Å²) in [4.78, 5) is 21.5. The Kier molecular flexibility index (Phi) is 3.19. The normalized spacial score (nSPS) is 11.8. The molecule has 0 saturated carbocycles. The number of rotatable bonds is 3. The summed E-state index contributed by atoms with van der Waals surface area (Å²) in [5, 5.41) is 10.8. The van der Waals surface area contributed by atoms with Crippen molar-refractivity contribution < 1.29 is 14.7 Å². The number of para-hydroxylation sites is 1. The Hall–Kier alpha value is -1.88. The zero-order valence-corrected chi connectivity index (χ0v) is 7.31. The SMILES string of the molecule is NC(C(=O)O)C(=O)Nc1ccccc1. The van der Waals surface area contributed by atoms with Gasteiger partial charge in [0.25, 0.3) is 5.91 Å². The van der Waals surface area contributed by atoms with Crippen molar-refractivity contribution in [3.8, 4) is 0 Å². The van der Waals surface area contributed by atoms with E-state index in [4.69, 9.17) is 10.8 Å². The minimum atomic E-state index is -1.53. The number of anilines is 1. The molecular weight excluding hydrogens is 184 g/mol. The Balaban J connectivity index is 2.62. The van der Waals surface area contributed by atoms with Crippen LogP contribution in [-0.4, -0.2) is 23.0 Å². The molecule has 0 radical (unpaired) electrons. The monoisotopic (exact) mass is 194 g/mol. The average Bonchev–Trinajstić information content (AvgIpc) is 2.18. The summed E-state index contributed by atoms with van der Waals surface area (Å²) in [6, 6.07) is 6.99. The van der Waals surface area contributed by atoms with E-state index in [1.165, 1.54) is 0 Å². The van der Waals surface area contributed by atoms with Gasteiger partial charge < -0.3 is 16.2 Å². The molecule has 5 nitrogen and oxygen atoms in total. The summed E-state index contributed by atoms with van der Waals surface area (Å²) in [6.07, 6.45) is 0. The molecule has 1 rings (SSSR count). The van der Waals surface area contributed by atoms with Gasteiger partial charge in [0, 0.05) is 5.69 Å². The number of amides is 1. The Morgan fingerprint density at radius 3 is 2.36 bits per heavy atom. The molecule has 1 aromatic rings. The van der Waals surface area contributed by atoms with Crippen molar-refractivity contribution in [3.63, 3.8) is 0 Å². The van der Waals surface area contributed by atoms with E-state index in [1.54, 1.807) is 30.3 Å². The van der Waals surface area contributed by atoms with Crippen LogP contribution in [-0.2, 0) is 9.59 Å². The molecule has 4 N–H and O–H groups in total. The maximum absolute atomic E-state index is 11.1. The van der Waals surface area contributed by atoms with E-state index in [2.05, 4.69) is 5.32 Å². The Labute approximate surface area is 80.5 Å². The van der Waals surface area contributed by atoms with Gasteiger partial charge in [0.15, 0.2) is 6.04 Å². The summed E-state index contributed by atoms with van der Waals surface area (Å²) >= 11 is 0. The van der Waals surface area contributed by atoms with Crippen molar-refractivity contribution in [1.82, 2.24) is 0 Å². The molecule has 0 saturated heterocycles. The molecule has 1 unspecified atom stereocenters. The highest BCUT2D eigenvalue weighted by molar-refractivity contribution is 6.07. The van der Waals surface area contributed by atoms with Crippen LogP contribution in [0.25, 0.3) is 0 Å². The number of aliphatic carboxylic acids is 1. The van der Waals surface area contributed by atoms with E-state index in [-0.39, 0.29) is 0 Å². The van der Waals surface area contributed by atoms with E-state index in [1.807, 2.05) is 0 Å². The number of benzene rings is 1. The van der Waals surface area contributed by atoms with Crippen LogP contribution in [0.15, 0.2) is 30.3 Å². The third kappa shape index (κ3) is 2.56. The minimum absolute atomic E-state index is 0.522.